The van der Waals surface area contributed by atoms with Gasteiger partial charge < -0.3 is 5.32 Å². The van der Waals surface area contributed by atoms with E-state index >= 15 is 0 Å². The second-order valence-electron chi connectivity index (χ2n) is 6.03. The third-order valence-electron chi connectivity index (χ3n) is 3.90. The van der Waals surface area contributed by atoms with Crippen molar-refractivity contribution in [2.75, 3.05) is 0 Å². The van der Waals surface area contributed by atoms with E-state index < -0.39 is 16.9 Å². The van der Waals surface area contributed by atoms with E-state index in [1.54, 1.807) is 30.5 Å². The number of carbonyl (C=O) groups is 1. The van der Waals surface area contributed by atoms with Gasteiger partial charge in [0, 0.05) is 27.3 Å². The number of aromatic nitrogens is 2. The quantitative estimate of drug-likeness (QED) is 0.459. The first-order valence-corrected chi connectivity index (χ1v) is 11.1. The van der Waals surface area contributed by atoms with Crippen molar-refractivity contribution >= 4 is 51.3 Å². The summed E-state index contributed by atoms with van der Waals surface area (Å²) in [5.41, 5.74) is 1.31. The summed E-state index contributed by atoms with van der Waals surface area (Å²) < 4.78 is 25.0. The van der Waals surface area contributed by atoms with Gasteiger partial charge in [0.15, 0.2) is 0 Å². The maximum Gasteiger partial charge on any atom is 0.270 e. The molecule has 11 heteroatoms. The van der Waals surface area contributed by atoms with Crippen molar-refractivity contribution in [1.82, 2.24) is 20.0 Å². The maximum atomic E-state index is 12.3. The molecule has 0 bridgehead atoms. The molecule has 0 aliphatic rings. The van der Waals surface area contributed by atoms with Crippen molar-refractivity contribution < 1.29 is 13.2 Å². The van der Waals surface area contributed by atoms with Crippen LogP contribution in [0.3, 0.4) is 0 Å². The number of nitrogens with zero attached hydrogens (tertiary/aromatic N) is 2. The first-order chi connectivity index (χ1) is 13.8. The van der Waals surface area contributed by atoms with Crippen LogP contribution >= 0.6 is 34.5 Å². The molecule has 3 aromatic rings. The minimum atomic E-state index is -2.90. The fourth-order valence-electron chi connectivity index (χ4n) is 2.64. The monoisotopic (exact) mass is 470 g/mol. The van der Waals surface area contributed by atoms with Crippen molar-refractivity contribution in [2.24, 2.45) is 0 Å². The molecule has 0 saturated carbocycles. The maximum absolute atomic E-state index is 12.3. The number of carbonyl (C=O) groups excluding carboxylic acids is 1. The van der Waals surface area contributed by atoms with Crippen LogP contribution in [0.25, 0.3) is 0 Å². The molecule has 0 aliphatic heterocycles. The smallest absolute Gasteiger partial charge is 0.270 e. The zero-order valence-electron chi connectivity index (χ0n) is 15.1. The normalized spacial score (nSPS) is 12.1. The molecule has 2 heterocycles. The summed E-state index contributed by atoms with van der Waals surface area (Å²) in [5.74, 6) is -0.340. The van der Waals surface area contributed by atoms with Crippen LogP contribution in [-0.2, 0) is 17.4 Å². The van der Waals surface area contributed by atoms with Gasteiger partial charge >= 0.3 is 0 Å². The molecule has 1 amide bonds. The third-order valence-corrected chi connectivity index (χ3v) is 5.72. The first kappa shape index (κ1) is 21.7. The van der Waals surface area contributed by atoms with Crippen LogP contribution in [0.2, 0.25) is 10.0 Å². The van der Waals surface area contributed by atoms with Gasteiger partial charge in [-0.15, -0.1) is 11.3 Å². The summed E-state index contributed by atoms with van der Waals surface area (Å²) in [6, 6.07) is 7.20. The lowest BCUT2D eigenvalue weighted by atomic mass is 10.0. The topological polar surface area (TPSA) is 101 Å². The SMILES string of the molecule is Cc1ncc(CNC(=O)c2ccc(C(N[SH](=O)=O)c3cc(Cl)cc(Cl)c3)cn2)s1. The van der Waals surface area contributed by atoms with E-state index in [1.807, 2.05) is 6.92 Å². The number of rotatable bonds is 7. The molecular formula is C18H16Cl2N4O3S2. The van der Waals surface area contributed by atoms with Crippen LogP contribution in [0.1, 0.15) is 37.5 Å². The summed E-state index contributed by atoms with van der Waals surface area (Å²) in [4.78, 5) is 21.6. The number of hydrogen-bond acceptors (Lipinski definition) is 6. The number of thiazole rings is 1. The summed E-state index contributed by atoms with van der Waals surface area (Å²) in [5, 5.41) is 4.46. The number of nitrogens with one attached hydrogen (secondary N) is 2. The highest BCUT2D eigenvalue weighted by Gasteiger charge is 2.18. The number of halogens is 2. The molecule has 0 spiro atoms. The minimum absolute atomic E-state index is 0.212. The molecule has 1 aromatic carbocycles. The van der Waals surface area contributed by atoms with E-state index in [9.17, 15) is 13.2 Å². The summed E-state index contributed by atoms with van der Waals surface area (Å²) in [6.07, 6.45) is 3.16. The van der Waals surface area contributed by atoms with E-state index in [4.69, 9.17) is 23.2 Å². The third kappa shape index (κ3) is 5.97. The van der Waals surface area contributed by atoms with Crippen LogP contribution < -0.4 is 10.0 Å². The Morgan fingerprint density at radius 2 is 1.83 bits per heavy atom. The Morgan fingerprint density at radius 3 is 2.38 bits per heavy atom. The van der Waals surface area contributed by atoms with E-state index in [0.29, 0.717) is 27.7 Å². The van der Waals surface area contributed by atoms with Gasteiger partial charge in [0.25, 0.3) is 5.91 Å². The van der Waals surface area contributed by atoms with Crippen LogP contribution in [-0.4, -0.2) is 24.3 Å². The highest BCUT2D eigenvalue weighted by molar-refractivity contribution is 7.70. The average molecular weight is 471 g/mol. The molecule has 2 aromatic heterocycles. The van der Waals surface area contributed by atoms with Gasteiger partial charge in [0.05, 0.1) is 17.6 Å². The summed E-state index contributed by atoms with van der Waals surface area (Å²) in [7, 11) is -2.90. The lowest BCUT2D eigenvalue weighted by molar-refractivity contribution is 0.0946. The van der Waals surface area contributed by atoms with E-state index in [-0.39, 0.29) is 11.6 Å². The second kappa shape index (κ2) is 9.64. The Kier molecular flexibility index (Phi) is 7.20. The molecule has 29 heavy (non-hydrogen) atoms. The second-order valence-corrected chi connectivity index (χ2v) is 8.99. The van der Waals surface area contributed by atoms with E-state index in [0.717, 1.165) is 9.88 Å². The Bertz CT molecular complexity index is 1070. The standard InChI is InChI=1S/C18H16Cl2N4O3S2/c1-10-21-8-15(28-10)9-23-18(25)16-3-2-11(7-22-16)17(24-29(26)27)12-4-13(19)6-14(20)5-12/h2-8,17,29H,9H2,1H3,(H,23,25)(H,24,26,27). The highest BCUT2D eigenvalue weighted by Crippen LogP contribution is 2.27. The molecule has 0 aliphatic carbocycles. The average Bonchev–Trinajstić information content (AvgIpc) is 3.08. The van der Waals surface area contributed by atoms with Crippen molar-refractivity contribution in [2.45, 2.75) is 19.5 Å². The molecule has 7 nitrogen and oxygen atoms in total. The largest absolute Gasteiger partial charge is 0.346 e. The van der Waals surface area contributed by atoms with Gasteiger partial charge in [-0.2, -0.15) is 0 Å². The van der Waals surface area contributed by atoms with Crippen LogP contribution in [0.4, 0.5) is 0 Å². The van der Waals surface area contributed by atoms with Gasteiger partial charge in [-0.05, 0) is 42.3 Å². The lowest BCUT2D eigenvalue weighted by Crippen LogP contribution is -2.24. The molecule has 0 radical (unpaired) electrons. The van der Waals surface area contributed by atoms with Gasteiger partial charge in [0.2, 0.25) is 10.9 Å². The Balaban J connectivity index is 1.78. The molecule has 0 fully saturated rings. The highest BCUT2D eigenvalue weighted by atomic mass is 35.5. The summed E-state index contributed by atoms with van der Waals surface area (Å²) >= 11 is 13.6. The number of thiol groups is 1. The fraction of sp³-hybridized carbons (Fsp3) is 0.167. The lowest BCUT2D eigenvalue weighted by Gasteiger charge is -2.17. The number of pyridine rings is 1. The summed E-state index contributed by atoms with van der Waals surface area (Å²) in [6.45, 7) is 2.25. The number of amides is 1. The van der Waals surface area contributed by atoms with Gasteiger partial charge in [-0.3, -0.25) is 9.78 Å². The zero-order valence-corrected chi connectivity index (χ0v) is 18.3. The minimum Gasteiger partial charge on any atom is -0.346 e. The predicted octanol–water partition coefficient (Wildman–Crippen LogP) is 3.29. The van der Waals surface area contributed by atoms with Gasteiger partial charge in [-0.1, -0.05) is 29.3 Å². The van der Waals surface area contributed by atoms with Gasteiger partial charge in [-0.25, -0.2) is 18.1 Å². The molecule has 2 N–H and O–H groups in total. The van der Waals surface area contributed by atoms with Crippen LogP contribution in [0.15, 0.2) is 42.7 Å². The predicted molar refractivity (Wildman–Crippen MR) is 114 cm³/mol. The van der Waals surface area contributed by atoms with Crippen molar-refractivity contribution in [3.8, 4) is 0 Å². The van der Waals surface area contributed by atoms with E-state index in [2.05, 4.69) is 20.0 Å². The Hall–Kier alpha value is -2.04. The van der Waals surface area contributed by atoms with Crippen LogP contribution in [0, 0.1) is 6.92 Å². The molecule has 1 atom stereocenters. The fourth-order valence-corrected chi connectivity index (χ4v) is 4.43. The Morgan fingerprint density at radius 1 is 1.10 bits per heavy atom. The Labute approximate surface area is 183 Å². The first-order valence-electron chi connectivity index (χ1n) is 8.34. The van der Waals surface area contributed by atoms with Crippen molar-refractivity contribution in [3.05, 3.63) is 79.5 Å². The van der Waals surface area contributed by atoms with Crippen molar-refractivity contribution in [1.29, 1.82) is 0 Å². The molecule has 3 rings (SSSR count). The number of hydrogen-bond donors (Lipinski definition) is 3. The molecular weight excluding hydrogens is 455 g/mol. The molecule has 152 valence electrons. The molecule has 1 unspecified atom stereocenters. The van der Waals surface area contributed by atoms with E-state index in [1.165, 1.54) is 23.6 Å². The van der Waals surface area contributed by atoms with Crippen LogP contribution in [0.5, 0.6) is 0 Å². The number of aryl methyl sites for hydroxylation is 1. The van der Waals surface area contributed by atoms with Crippen molar-refractivity contribution in [3.63, 3.8) is 0 Å². The van der Waals surface area contributed by atoms with Gasteiger partial charge in [0.1, 0.15) is 5.69 Å². The zero-order chi connectivity index (χ0) is 21.0. The molecule has 0 saturated heterocycles. The number of benzene rings is 1.